The number of nitrogens with zero attached hydrogens (tertiary/aromatic N) is 1. The van der Waals surface area contributed by atoms with Crippen molar-refractivity contribution in [3.63, 3.8) is 0 Å². The molecule has 0 aromatic carbocycles. The predicted molar refractivity (Wildman–Crippen MR) is 69.7 cm³/mol. The van der Waals surface area contributed by atoms with Crippen molar-refractivity contribution >= 4 is 34.3 Å². The summed E-state index contributed by atoms with van der Waals surface area (Å²) >= 11 is 2.18. The minimum absolute atomic E-state index is 0.00723. The number of nitrogens with one attached hydrogen (secondary N) is 1. The second-order valence-electron chi connectivity index (χ2n) is 4.65. The van der Waals surface area contributed by atoms with E-state index in [1.54, 1.807) is 6.20 Å². The molecule has 1 amide bonds. The highest BCUT2D eigenvalue weighted by atomic mass is 127. The van der Waals surface area contributed by atoms with Gasteiger partial charge in [0.25, 0.3) is 0 Å². The SMILES string of the molecule is CC(C)(C)CC(=O)Nc1ccc(I)cn1. The molecule has 0 atom stereocenters. The quantitative estimate of drug-likeness (QED) is 0.852. The molecule has 1 aromatic rings. The number of hydrogen-bond donors (Lipinski definition) is 1. The monoisotopic (exact) mass is 318 g/mol. The number of carbonyl (C=O) groups excluding carboxylic acids is 1. The first-order valence-electron chi connectivity index (χ1n) is 4.78. The second-order valence-corrected chi connectivity index (χ2v) is 5.89. The van der Waals surface area contributed by atoms with Crippen LogP contribution in [0.5, 0.6) is 0 Å². The van der Waals surface area contributed by atoms with Crippen molar-refractivity contribution in [2.75, 3.05) is 5.32 Å². The van der Waals surface area contributed by atoms with Crippen LogP contribution in [0.25, 0.3) is 0 Å². The fraction of sp³-hybridized carbons (Fsp3) is 0.455. The van der Waals surface area contributed by atoms with Gasteiger partial charge in [0.15, 0.2) is 0 Å². The van der Waals surface area contributed by atoms with Crippen LogP contribution >= 0.6 is 22.6 Å². The summed E-state index contributed by atoms with van der Waals surface area (Å²) in [5, 5.41) is 2.77. The Morgan fingerprint density at radius 1 is 1.47 bits per heavy atom. The molecule has 0 aliphatic carbocycles. The van der Waals surface area contributed by atoms with E-state index in [1.807, 2.05) is 32.9 Å². The molecule has 1 N–H and O–H groups in total. The van der Waals surface area contributed by atoms with Gasteiger partial charge < -0.3 is 5.32 Å². The molecule has 0 aliphatic rings. The van der Waals surface area contributed by atoms with Gasteiger partial charge in [-0.25, -0.2) is 4.98 Å². The highest BCUT2D eigenvalue weighted by Crippen LogP contribution is 2.19. The molecule has 4 heteroatoms. The summed E-state index contributed by atoms with van der Waals surface area (Å²) in [7, 11) is 0. The van der Waals surface area contributed by atoms with E-state index >= 15 is 0 Å². The summed E-state index contributed by atoms with van der Waals surface area (Å²) in [6, 6.07) is 3.72. The molecule has 0 unspecified atom stereocenters. The van der Waals surface area contributed by atoms with E-state index in [1.165, 1.54) is 0 Å². The zero-order valence-electron chi connectivity index (χ0n) is 9.17. The van der Waals surface area contributed by atoms with Gasteiger partial charge in [0, 0.05) is 16.2 Å². The minimum Gasteiger partial charge on any atom is -0.311 e. The lowest BCUT2D eigenvalue weighted by atomic mass is 9.92. The molecule has 0 saturated carbocycles. The van der Waals surface area contributed by atoms with Crippen LogP contribution in [-0.2, 0) is 4.79 Å². The molecule has 1 heterocycles. The molecule has 0 saturated heterocycles. The van der Waals surface area contributed by atoms with Crippen molar-refractivity contribution in [3.05, 3.63) is 21.9 Å². The molecule has 0 bridgehead atoms. The lowest BCUT2D eigenvalue weighted by molar-refractivity contribution is -0.117. The highest BCUT2D eigenvalue weighted by molar-refractivity contribution is 14.1. The Hall–Kier alpha value is -0.650. The van der Waals surface area contributed by atoms with Gasteiger partial charge in [0.1, 0.15) is 5.82 Å². The third kappa shape index (κ3) is 5.11. The number of pyridine rings is 1. The topological polar surface area (TPSA) is 42.0 Å². The number of halogens is 1. The Morgan fingerprint density at radius 3 is 2.60 bits per heavy atom. The Bertz CT molecular complexity index is 341. The number of hydrogen-bond acceptors (Lipinski definition) is 2. The van der Waals surface area contributed by atoms with Crippen molar-refractivity contribution in [2.45, 2.75) is 27.2 Å². The normalized spacial score (nSPS) is 11.2. The number of aromatic nitrogens is 1. The zero-order valence-corrected chi connectivity index (χ0v) is 11.3. The largest absolute Gasteiger partial charge is 0.311 e. The van der Waals surface area contributed by atoms with E-state index in [0.717, 1.165) is 3.57 Å². The highest BCUT2D eigenvalue weighted by Gasteiger charge is 2.15. The number of amides is 1. The molecule has 1 aromatic heterocycles. The smallest absolute Gasteiger partial charge is 0.226 e. The standard InChI is InChI=1S/C11H15IN2O/c1-11(2,3)6-10(15)14-9-5-4-8(12)7-13-9/h4-5,7H,6H2,1-3H3,(H,13,14,15). The molecule has 3 nitrogen and oxygen atoms in total. The van der Waals surface area contributed by atoms with E-state index in [0.29, 0.717) is 12.2 Å². The van der Waals surface area contributed by atoms with Gasteiger partial charge in [-0.15, -0.1) is 0 Å². The van der Waals surface area contributed by atoms with E-state index in [9.17, 15) is 4.79 Å². The molecule has 0 spiro atoms. The zero-order chi connectivity index (χ0) is 11.5. The molecule has 0 radical (unpaired) electrons. The van der Waals surface area contributed by atoms with Gasteiger partial charge in [-0.2, -0.15) is 0 Å². The third-order valence-electron chi connectivity index (χ3n) is 1.69. The fourth-order valence-corrected chi connectivity index (χ4v) is 1.44. The molecular weight excluding hydrogens is 303 g/mol. The molecular formula is C11H15IN2O. The van der Waals surface area contributed by atoms with Crippen molar-refractivity contribution in [3.8, 4) is 0 Å². The van der Waals surface area contributed by atoms with Crippen LogP contribution < -0.4 is 5.32 Å². The Kier molecular flexibility index (Phi) is 4.07. The maximum absolute atomic E-state index is 11.6. The molecule has 82 valence electrons. The first-order chi connectivity index (χ1) is 6.87. The van der Waals surface area contributed by atoms with Gasteiger partial charge in [0.2, 0.25) is 5.91 Å². The van der Waals surface area contributed by atoms with Crippen LogP contribution in [0.15, 0.2) is 18.3 Å². The van der Waals surface area contributed by atoms with Crippen molar-refractivity contribution in [2.24, 2.45) is 5.41 Å². The van der Waals surface area contributed by atoms with E-state index in [2.05, 4.69) is 32.9 Å². The van der Waals surface area contributed by atoms with Crippen LogP contribution in [-0.4, -0.2) is 10.9 Å². The molecule has 15 heavy (non-hydrogen) atoms. The average Bonchev–Trinajstić information content (AvgIpc) is 2.05. The van der Waals surface area contributed by atoms with Crippen LogP contribution in [0.4, 0.5) is 5.82 Å². The summed E-state index contributed by atoms with van der Waals surface area (Å²) in [4.78, 5) is 15.7. The first kappa shape index (κ1) is 12.4. The van der Waals surface area contributed by atoms with Crippen molar-refractivity contribution in [1.82, 2.24) is 4.98 Å². The van der Waals surface area contributed by atoms with Crippen LogP contribution in [0.2, 0.25) is 0 Å². The van der Waals surface area contributed by atoms with E-state index in [-0.39, 0.29) is 11.3 Å². The van der Waals surface area contributed by atoms with Crippen molar-refractivity contribution < 1.29 is 4.79 Å². The van der Waals surface area contributed by atoms with Gasteiger partial charge in [-0.1, -0.05) is 20.8 Å². The molecule has 0 fully saturated rings. The average molecular weight is 318 g/mol. The van der Waals surface area contributed by atoms with Gasteiger partial charge in [-0.3, -0.25) is 4.79 Å². The number of anilines is 1. The molecule has 1 rings (SSSR count). The van der Waals surface area contributed by atoms with Crippen LogP contribution in [0, 0.1) is 8.99 Å². The van der Waals surface area contributed by atoms with E-state index < -0.39 is 0 Å². The van der Waals surface area contributed by atoms with Gasteiger partial charge >= 0.3 is 0 Å². The summed E-state index contributed by atoms with van der Waals surface area (Å²) in [5.41, 5.74) is 0.00723. The minimum atomic E-state index is 0.00723. The lowest BCUT2D eigenvalue weighted by Crippen LogP contribution is -2.20. The Labute approximate surface area is 104 Å². The third-order valence-corrected chi connectivity index (χ3v) is 2.32. The van der Waals surface area contributed by atoms with Crippen LogP contribution in [0.3, 0.4) is 0 Å². The maximum atomic E-state index is 11.6. The Morgan fingerprint density at radius 2 is 2.13 bits per heavy atom. The summed E-state index contributed by atoms with van der Waals surface area (Å²) < 4.78 is 1.06. The summed E-state index contributed by atoms with van der Waals surface area (Å²) in [6.07, 6.45) is 2.23. The Balaban J connectivity index is 2.55. The summed E-state index contributed by atoms with van der Waals surface area (Å²) in [6.45, 7) is 6.11. The predicted octanol–water partition coefficient (Wildman–Crippen LogP) is 3.06. The first-order valence-corrected chi connectivity index (χ1v) is 5.86. The molecule has 0 aliphatic heterocycles. The van der Waals surface area contributed by atoms with Gasteiger partial charge in [0.05, 0.1) is 0 Å². The van der Waals surface area contributed by atoms with Crippen molar-refractivity contribution in [1.29, 1.82) is 0 Å². The number of rotatable bonds is 2. The maximum Gasteiger partial charge on any atom is 0.226 e. The summed E-state index contributed by atoms with van der Waals surface area (Å²) in [5.74, 6) is 0.626. The second kappa shape index (κ2) is 4.92. The lowest BCUT2D eigenvalue weighted by Gasteiger charge is -2.16. The van der Waals surface area contributed by atoms with Crippen LogP contribution in [0.1, 0.15) is 27.2 Å². The fourth-order valence-electron chi connectivity index (χ4n) is 1.12. The number of carbonyl (C=O) groups is 1. The van der Waals surface area contributed by atoms with Gasteiger partial charge in [-0.05, 0) is 40.1 Å². The van der Waals surface area contributed by atoms with E-state index in [4.69, 9.17) is 0 Å².